The van der Waals surface area contributed by atoms with E-state index in [9.17, 15) is 5.11 Å². The molecule has 0 aliphatic carbocycles. The standard InChI is InChI=1S/C25H37NO/c1-8-9-10-18-11-13-20(14-12-18)26-17-19-15-21(24(2,3)4)23(27)22(16-19)25(5,6)7/h11-16,26-27H,8-10,17H2,1-7H3. The summed E-state index contributed by atoms with van der Waals surface area (Å²) in [5, 5.41) is 14.4. The highest BCUT2D eigenvalue weighted by atomic mass is 16.3. The number of nitrogens with one attached hydrogen (secondary N) is 1. The lowest BCUT2D eigenvalue weighted by molar-refractivity contribution is 0.423. The predicted octanol–water partition coefficient (Wildman–Crippen LogP) is 6.94. The van der Waals surface area contributed by atoms with E-state index in [2.05, 4.69) is 90.2 Å². The van der Waals surface area contributed by atoms with Crippen molar-refractivity contribution in [2.24, 2.45) is 0 Å². The second-order valence-corrected chi connectivity index (χ2v) is 9.69. The highest BCUT2D eigenvalue weighted by molar-refractivity contribution is 5.51. The third-order valence-corrected chi connectivity index (χ3v) is 5.06. The summed E-state index contributed by atoms with van der Waals surface area (Å²) < 4.78 is 0. The Hall–Kier alpha value is -1.96. The number of aromatic hydroxyl groups is 1. The average Bonchev–Trinajstić information content (AvgIpc) is 2.58. The molecule has 0 spiro atoms. The number of phenolic OH excluding ortho intramolecular Hbond substituents is 1. The van der Waals surface area contributed by atoms with Crippen molar-refractivity contribution in [1.29, 1.82) is 0 Å². The number of unbranched alkanes of at least 4 members (excludes halogenated alkanes) is 1. The second-order valence-electron chi connectivity index (χ2n) is 9.69. The number of aryl methyl sites for hydroxylation is 1. The van der Waals surface area contributed by atoms with E-state index in [-0.39, 0.29) is 10.8 Å². The van der Waals surface area contributed by atoms with Gasteiger partial charge in [-0.1, -0.05) is 67.0 Å². The Bertz CT molecular complexity index is 710. The van der Waals surface area contributed by atoms with Gasteiger partial charge in [0, 0.05) is 12.2 Å². The minimum absolute atomic E-state index is 0.0962. The summed E-state index contributed by atoms with van der Waals surface area (Å²) in [4.78, 5) is 0. The Morgan fingerprint density at radius 1 is 0.815 bits per heavy atom. The van der Waals surface area contributed by atoms with Crippen LogP contribution >= 0.6 is 0 Å². The fraction of sp³-hybridized carbons (Fsp3) is 0.520. The molecule has 0 saturated carbocycles. The molecule has 2 rings (SSSR count). The van der Waals surface area contributed by atoms with Crippen LogP contribution in [0.5, 0.6) is 5.75 Å². The molecule has 2 aromatic carbocycles. The second kappa shape index (κ2) is 8.37. The monoisotopic (exact) mass is 367 g/mol. The van der Waals surface area contributed by atoms with Crippen molar-refractivity contribution >= 4 is 5.69 Å². The number of anilines is 1. The number of hydrogen-bond acceptors (Lipinski definition) is 2. The minimum atomic E-state index is -0.0962. The van der Waals surface area contributed by atoms with Crippen LogP contribution in [-0.2, 0) is 23.8 Å². The summed E-state index contributed by atoms with van der Waals surface area (Å²) in [6.07, 6.45) is 3.62. The fourth-order valence-electron chi connectivity index (χ4n) is 3.31. The lowest BCUT2D eigenvalue weighted by atomic mass is 9.78. The van der Waals surface area contributed by atoms with E-state index in [1.807, 2.05) is 0 Å². The smallest absolute Gasteiger partial charge is 0.123 e. The van der Waals surface area contributed by atoms with Crippen molar-refractivity contribution < 1.29 is 5.11 Å². The average molecular weight is 368 g/mol. The van der Waals surface area contributed by atoms with E-state index in [1.54, 1.807) is 0 Å². The van der Waals surface area contributed by atoms with E-state index in [0.29, 0.717) is 5.75 Å². The van der Waals surface area contributed by atoms with E-state index in [0.717, 1.165) is 29.8 Å². The highest BCUT2D eigenvalue weighted by Gasteiger charge is 2.26. The third kappa shape index (κ3) is 5.76. The van der Waals surface area contributed by atoms with Gasteiger partial charge in [-0.05, 0) is 70.2 Å². The summed E-state index contributed by atoms with van der Waals surface area (Å²) >= 11 is 0. The molecule has 0 heterocycles. The fourth-order valence-corrected chi connectivity index (χ4v) is 3.31. The first-order valence-corrected chi connectivity index (χ1v) is 10.2. The van der Waals surface area contributed by atoms with E-state index >= 15 is 0 Å². The maximum Gasteiger partial charge on any atom is 0.123 e. The van der Waals surface area contributed by atoms with Crippen LogP contribution in [0.25, 0.3) is 0 Å². The molecule has 2 aromatic rings. The first kappa shape index (κ1) is 21.3. The zero-order valence-electron chi connectivity index (χ0n) is 18.2. The Kier molecular flexibility index (Phi) is 6.62. The number of rotatable bonds is 6. The number of benzene rings is 2. The lowest BCUT2D eigenvalue weighted by Gasteiger charge is -2.28. The van der Waals surface area contributed by atoms with Crippen LogP contribution in [0.2, 0.25) is 0 Å². The van der Waals surface area contributed by atoms with E-state index in [4.69, 9.17) is 0 Å². The van der Waals surface area contributed by atoms with Crippen molar-refractivity contribution in [3.8, 4) is 5.75 Å². The molecule has 0 aliphatic rings. The van der Waals surface area contributed by atoms with Crippen LogP contribution in [0.4, 0.5) is 5.69 Å². The van der Waals surface area contributed by atoms with Gasteiger partial charge in [0.2, 0.25) is 0 Å². The van der Waals surface area contributed by atoms with Gasteiger partial charge in [0.1, 0.15) is 5.75 Å². The molecular weight excluding hydrogens is 330 g/mol. The first-order chi connectivity index (χ1) is 12.5. The molecule has 27 heavy (non-hydrogen) atoms. The molecule has 148 valence electrons. The van der Waals surface area contributed by atoms with Crippen LogP contribution in [-0.4, -0.2) is 5.11 Å². The summed E-state index contributed by atoms with van der Waals surface area (Å²) in [5.41, 5.74) is 5.58. The third-order valence-electron chi connectivity index (χ3n) is 5.06. The molecule has 0 amide bonds. The molecule has 0 aromatic heterocycles. The number of hydrogen-bond donors (Lipinski definition) is 2. The summed E-state index contributed by atoms with van der Waals surface area (Å²) in [7, 11) is 0. The topological polar surface area (TPSA) is 32.3 Å². The van der Waals surface area contributed by atoms with Crippen LogP contribution in [0.1, 0.15) is 83.6 Å². The van der Waals surface area contributed by atoms with Gasteiger partial charge in [-0.3, -0.25) is 0 Å². The van der Waals surface area contributed by atoms with Gasteiger partial charge in [0.15, 0.2) is 0 Å². The normalized spacial score (nSPS) is 12.3. The zero-order chi connectivity index (χ0) is 20.2. The summed E-state index contributed by atoms with van der Waals surface area (Å²) in [6.45, 7) is 15.9. The SMILES string of the molecule is CCCCc1ccc(NCc2cc(C(C)(C)C)c(O)c(C(C)(C)C)c2)cc1. The molecule has 0 unspecified atom stereocenters. The molecule has 2 nitrogen and oxygen atoms in total. The van der Waals surface area contributed by atoms with Crippen molar-refractivity contribution in [3.63, 3.8) is 0 Å². The van der Waals surface area contributed by atoms with Crippen molar-refractivity contribution in [2.75, 3.05) is 5.32 Å². The van der Waals surface area contributed by atoms with Crippen LogP contribution in [0.3, 0.4) is 0 Å². The molecular formula is C25H37NO. The first-order valence-electron chi connectivity index (χ1n) is 10.2. The van der Waals surface area contributed by atoms with Crippen LogP contribution in [0, 0.1) is 0 Å². The maximum atomic E-state index is 10.9. The molecule has 0 aliphatic heterocycles. The van der Waals surface area contributed by atoms with E-state index < -0.39 is 0 Å². The molecule has 0 radical (unpaired) electrons. The molecule has 0 fully saturated rings. The molecule has 0 atom stereocenters. The maximum absolute atomic E-state index is 10.9. The molecule has 0 bridgehead atoms. The summed E-state index contributed by atoms with van der Waals surface area (Å²) in [6, 6.07) is 13.1. The Morgan fingerprint density at radius 3 is 1.78 bits per heavy atom. The molecule has 0 saturated heterocycles. The lowest BCUT2D eigenvalue weighted by Crippen LogP contribution is -2.18. The van der Waals surface area contributed by atoms with Crippen molar-refractivity contribution in [3.05, 3.63) is 58.7 Å². The minimum Gasteiger partial charge on any atom is -0.507 e. The number of phenols is 1. The van der Waals surface area contributed by atoms with Crippen LogP contribution in [0.15, 0.2) is 36.4 Å². The van der Waals surface area contributed by atoms with Gasteiger partial charge >= 0.3 is 0 Å². The van der Waals surface area contributed by atoms with Gasteiger partial charge in [-0.25, -0.2) is 0 Å². The van der Waals surface area contributed by atoms with Gasteiger partial charge in [0.25, 0.3) is 0 Å². The van der Waals surface area contributed by atoms with E-state index in [1.165, 1.54) is 24.0 Å². The molecule has 2 N–H and O–H groups in total. The highest BCUT2D eigenvalue weighted by Crippen LogP contribution is 2.39. The Balaban J connectivity index is 2.23. The summed E-state index contributed by atoms with van der Waals surface area (Å²) in [5.74, 6) is 0.444. The van der Waals surface area contributed by atoms with Crippen molar-refractivity contribution in [1.82, 2.24) is 0 Å². The quantitative estimate of drug-likeness (QED) is 0.579. The van der Waals surface area contributed by atoms with Gasteiger partial charge in [0.05, 0.1) is 0 Å². The van der Waals surface area contributed by atoms with Crippen molar-refractivity contribution in [2.45, 2.75) is 85.1 Å². The predicted molar refractivity (Wildman–Crippen MR) is 118 cm³/mol. The Morgan fingerprint density at radius 2 is 1.33 bits per heavy atom. The Labute approximate surface area is 166 Å². The van der Waals surface area contributed by atoms with Gasteiger partial charge < -0.3 is 10.4 Å². The molecule has 2 heteroatoms. The van der Waals surface area contributed by atoms with Gasteiger partial charge in [-0.2, -0.15) is 0 Å². The largest absolute Gasteiger partial charge is 0.507 e. The van der Waals surface area contributed by atoms with Crippen LogP contribution < -0.4 is 5.32 Å². The van der Waals surface area contributed by atoms with Gasteiger partial charge in [-0.15, -0.1) is 0 Å². The zero-order valence-corrected chi connectivity index (χ0v) is 18.2.